The summed E-state index contributed by atoms with van der Waals surface area (Å²) in [6, 6.07) is 2.65. The van der Waals surface area contributed by atoms with E-state index in [2.05, 4.69) is 47.3 Å². The van der Waals surface area contributed by atoms with Crippen LogP contribution in [0.5, 0.6) is 0 Å². The molecular weight excluding hydrogens is 266 g/mol. The van der Waals surface area contributed by atoms with Crippen molar-refractivity contribution in [2.45, 2.75) is 38.3 Å². The van der Waals surface area contributed by atoms with Crippen LogP contribution in [0.1, 0.15) is 37.4 Å². The van der Waals surface area contributed by atoms with Gasteiger partial charge in [0.1, 0.15) is 11.8 Å². The fourth-order valence-electron chi connectivity index (χ4n) is 2.92. The number of hydrogen-bond acceptors (Lipinski definition) is 5. The molecule has 1 fully saturated rings. The number of imidazole rings is 1. The highest BCUT2D eigenvalue weighted by Crippen LogP contribution is 2.28. The zero-order valence-corrected chi connectivity index (χ0v) is 11.7. The highest BCUT2D eigenvalue weighted by Gasteiger charge is 2.17. The second-order valence-corrected chi connectivity index (χ2v) is 5.40. The summed E-state index contributed by atoms with van der Waals surface area (Å²) in [5.74, 6) is 0.757. The SMILES string of the molecule is c1nc(NCc2ccn(C3CCCC3)n2)c2[nH]cnc2n1. The minimum absolute atomic E-state index is 0.581. The lowest BCUT2D eigenvalue weighted by Gasteiger charge is -2.09. The van der Waals surface area contributed by atoms with Crippen LogP contribution in [0.3, 0.4) is 0 Å². The maximum Gasteiger partial charge on any atom is 0.182 e. The Kier molecular flexibility index (Phi) is 3.02. The van der Waals surface area contributed by atoms with Gasteiger partial charge in [0.25, 0.3) is 0 Å². The van der Waals surface area contributed by atoms with Crippen LogP contribution in [0.2, 0.25) is 0 Å². The molecule has 0 aliphatic heterocycles. The van der Waals surface area contributed by atoms with Gasteiger partial charge in [-0.3, -0.25) is 4.68 Å². The Morgan fingerprint density at radius 2 is 2.14 bits per heavy atom. The summed E-state index contributed by atoms with van der Waals surface area (Å²) in [5, 5.41) is 7.96. The number of aromatic amines is 1. The normalized spacial score (nSPS) is 15.8. The fraction of sp³-hybridized carbons (Fsp3) is 0.429. The molecule has 0 spiro atoms. The molecule has 0 unspecified atom stereocenters. The average Bonchev–Trinajstić information content (AvgIpc) is 3.23. The lowest BCUT2D eigenvalue weighted by molar-refractivity contribution is 0.463. The van der Waals surface area contributed by atoms with Crippen molar-refractivity contribution in [1.82, 2.24) is 29.7 Å². The van der Waals surface area contributed by atoms with Gasteiger partial charge in [-0.05, 0) is 18.9 Å². The Balaban J connectivity index is 1.48. The minimum Gasteiger partial charge on any atom is -0.362 e. The van der Waals surface area contributed by atoms with E-state index in [1.54, 1.807) is 6.33 Å². The van der Waals surface area contributed by atoms with E-state index in [4.69, 9.17) is 0 Å². The topological polar surface area (TPSA) is 84.3 Å². The van der Waals surface area contributed by atoms with Crippen molar-refractivity contribution < 1.29 is 0 Å². The van der Waals surface area contributed by atoms with E-state index in [0.29, 0.717) is 18.2 Å². The third-order valence-corrected chi connectivity index (χ3v) is 4.02. The molecule has 7 nitrogen and oxygen atoms in total. The number of nitrogens with one attached hydrogen (secondary N) is 2. The van der Waals surface area contributed by atoms with Crippen molar-refractivity contribution in [3.05, 3.63) is 30.6 Å². The number of nitrogens with zero attached hydrogens (tertiary/aromatic N) is 5. The average molecular weight is 283 g/mol. The largest absolute Gasteiger partial charge is 0.362 e. The van der Waals surface area contributed by atoms with Crippen LogP contribution in [0.15, 0.2) is 24.9 Å². The zero-order valence-electron chi connectivity index (χ0n) is 11.7. The van der Waals surface area contributed by atoms with Gasteiger partial charge < -0.3 is 10.3 Å². The first-order chi connectivity index (χ1) is 10.4. The summed E-state index contributed by atoms with van der Waals surface area (Å²) in [4.78, 5) is 15.5. The molecule has 4 rings (SSSR count). The molecule has 0 aromatic carbocycles. The van der Waals surface area contributed by atoms with Crippen LogP contribution in [0, 0.1) is 0 Å². The molecule has 0 bridgehead atoms. The predicted octanol–water partition coefficient (Wildman–Crippen LogP) is 2.28. The van der Waals surface area contributed by atoms with E-state index in [1.807, 2.05) is 0 Å². The van der Waals surface area contributed by atoms with Crippen LogP contribution >= 0.6 is 0 Å². The third kappa shape index (κ3) is 2.35. The fourth-order valence-corrected chi connectivity index (χ4v) is 2.92. The summed E-state index contributed by atoms with van der Waals surface area (Å²) in [6.45, 7) is 0.644. The highest BCUT2D eigenvalue weighted by molar-refractivity contribution is 5.81. The van der Waals surface area contributed by atoms with Gasteiger partial charge in [-0.1, -0.05) is 12.8 Å². The van der Waals surface area contributed by atoms with Crippen molar-refractivity contribution in [3.8, 4) is 0 Å². The third-order valence-electron chi connectivity index (χ3n) is 4.02. The summed E-state index contributed by atoms with van der Waals surface area (Å²) in [7, 11) is 0. The van der Waals surface area contributed by atoms with Crippen LogP contribution in [-0.4, -0.2) is 29.7 Å². The van der Waals surface area contributed by atoms with Crippen LogP contribution in [0.4, 0.5) is 5.82 Å². The Hall–Kier alpha value is -2.44. The van der Waals surface area contributed by atoms with E-state index in [1.165, 1.54) is 32.0 Å². The lowest BCUT2D eigenvalue weighted by atomic mass is 10.3. The van der Waals surface area contributed by atoms with Crippen LogP contribution in [-0.2, 0) is 6.54 Å². The van der Waals surface area contributed by atoms with Gasteiger partial charge in [0.05, 0.1) is 24.6 Å². The van der Waals surface area contributed by atoms with E-state index < -0.39 is 0 Å². The van der Waals surface area contributed by atoms with Gasteiger partial charge in [0.2, 0.25) is 0 Å². The summed E-state index contributed by atoms with van der Waals surface area (Å²) >= 11 is 0. The zero-order chi connectivity index (χ0) is 14.1. The van der Waals surface area contributed by atoms with Gasteiger partial charge in [-0.25, -0.2) is 15.0 Å². The second-order valence-electron chi connectivity index (χ2n) is 5.40. The van der Waals surface area contributed by atoms with E-state index >= 15 is 0 Å². The Morgan fingerprint density at radius 1 is 1.24 bits per heavy atom. The summed E-state index contributed by atoms with van der Waals surface area (Å²) in [6.07, 6.45) is 10.3. The van der Waals surface area contributed by atoms with Crippen molar-refractivity contribution in [1.29, 1.82) is 0 Å². The van der Waals surface area contributed by atoms with Crippen LogP contribution in [0.25, 0.3) is 11.2 Å². The number of aromatic nitrogens is 6. The summed E-state index contributed by atoms with van der Waals surface area (Å²) in [5.41, 5.74) is 2.52. The second kappa shape index (κ2) is 5.16. The minimum atomic E-state index is 0.581. The van der Waals surface area contributed by atoms with Gasteiger partial charge in [0.15, 0.2) is 11.5 Å². The van der Waals surface area contributed by atoms with E-state index in [0.717, 1.165) is 17.0 Å². The quantitative estimate of drug-likeness (QED) is 0.767. The van der Waals surface area contributed by atoms with Crippen molar-refractivity contribution in [2.75, 3.05) is 5.32 Å². The van der Waals surface area contributed by atoms with Gasteiger partial charge in [0, 0.05) is 6.20 Å². The molecule has 1 saturated carbocycles. The number of rotatable bonds is 4. The first-order valence-electron chi connectivity index (χ1n) is 7.32. The Bertz CT molecular complexity index is 738. The molecule has 0 amide bonds. The van der Waals surface area contributed by atoms with E-state index in [9.17, 15) is 0 Å². The molecule has 2 N–H and O–H groups in total. The first kappa shape index (κ1) is 12.3. The smallest absolute Gasteiger partial charge is 0.182 e. The van der Waals surface area contributed by atoms with Crippen molar-refractivity contribution in [2.24, 2.45) is 0 Å². The van der Waals surface area contributed by atoms with Gasteiger partial charge in [-0.15, -0.1) is 0 Å². The molecule has 0 atom stereocenters. The highest BCUT2D eigenvalue weighted by atomic mass is 15.3. The maximum absolute atomic E-state index is 4.66. The monoisotopic (exact) mass is 283 g/mol. The molecule has 1 aliphatic carbocycles. The molecule has 1 aliphatic rings. The number of anilines is 1. The predicted molar refractivity (Wildman–Crippen MR) is 78.7 cm³/mol. The molecular formula is C14H17N7. The van der Waals surface area contributed by atoms with Gasteiger partial charge in [-0.2, -0.15) is 5.10 Å². The Morgan fingerprint density at radius 3 is 3.05 bits per heavy atom. The lowest BCUT2D eigenvalue weighted by Crippen LogP contribution is -2.07. The molecule has 3 heterocycles. The van der Waals surface area contributed by atoms with Crippen molar-refractivity contribution >= 4 is 17.0 Å². The molecule has 7 heteroatoms. The number of fused-ring (bicyclic) bond motifs is 1. The summed E-state index contributed by atoms with van der Waals surface area (Å²) < 4.78 is 2.11. The first-order valence-corrected chi connectivity index (χ1v) is 7.32. The molecule has 3 aromatic heterocycles. The standard InChI is InChI=1S/C14H17N7/c1-2-4-11(3-1)21-6-5-10(20-21)7-15-13-12-14(17-8-16-12)19-9-18-13/h5-6,8-9,11H,1-4,7H2,(H2,15,16,17,18,19). The molecule has 0 radical (unpaired) electrons. The Labute approximate surface area is 121 Å². The molecule has 21 heavy (non-hydrogen) atoms. The van der Waals surface area contributed by atoms with E-state index in [-0.39, 0.29) is 0 Å². The van der Waals surface area contributed by atoms with Gasteiger partial charge >= 0.3 is 0 Å². The number of H-pyrrole nitrogens is 1. The number of hydrogen-bond donors (Lipinski definition) is 2. The van der Waals surface area contributed by atoms with Crippen molar-refractivity contribution in [3.63, 3.8) is 0 Å². The molecule has 108 valence electrons. The molecule has 3 aromatic rings. The molecule has 0 saturated heterocycles. The van der Waals surface area contributed by atoms with Crippen LogP contribution < -0.4 is 5.32 Å². The maximum atomic E-state index is 4.66.